The Bertz CT molecular complexity index is 1160. The van der Waals surface area contributed by atoms with Crippen molar-refractivity contribution in [3.8, 4) is 11.1 Å². The first-order valence-electron chi connectivity index (χ1n) is 10.3. The van der Waals surface area contributed by atoms with E-state index in [4.69, 9.17) is 0 Å². The monoisotopic (exact) mass is 475 g/mol. The summed E-state index contributed by atoms with van der Waals surface area (Å²) < 4.78 is 53.5. The van der Waals surface area contributed by atoms with Gasteiger partial charge in [-0.2, -0.15) is 13.2 Å². The van der Waals surface area contributed by atoms with E-state index in [2.05, 4.69) is 0 Å². The molecule has 0 aromatic heterocycles. The Morgan fingerprint density at radius 3 is 2.27 bits per heavy atom. The van der Waals surface area contributed by atoms with E-state index in [1.807, 2.05) is 41.3 Å². The van der Waals surface area contributed by atoms with Gasteiger partial charge in [-0.3, -0.25) is 9.69 Å². The lowest BCUT2D eigenvalue weighted by Crippen LogP contribution is -2.33. The highest BCUT2D eigenvalue weighted by molar-refractivity contribution is 5.98. The fourth-order valence-electron chi connectivity index (χ4n) is 3.85. The third kappa shape index (κ3) is 5.89. The average molecular weight is 476 g/mol. The molecule has 0 saturated heterocycles. The van der Waals surface area contributed by atoms with Gasteiger partial charge in [-0.05, 0) is 41.3 Å². The number of rotatable bonds is 5. The van der Waals surface area contributed by atoms with Gasteiger partial charge >= 0.3 is 6.18 Å². The zero-order valence-corrected chi connectivity index (χ0v) is 18.4. The van der Waals surface area contributed by atoms with Crippen molar-refractivity contribution in [2.45, 2.75) is 12.6 Å². The number of carbonyl (C=O) groups excluding carboxylic acids is 1. The van der Waals surface area contributed by atoms with Crippen LogP contribution in [0.1, 0.15) is 27.9 Å². The van der Waals surface area contributed by atoms with Gasteiger partial charge < -0.3 is 0 Å². The fraction of sp³-hybridized carbons (Fsp3) is 0.192. The molecule has 4 rings (SSSR count). The second-order valence-corrected chi connectivity index (χ2v) is 7.78. The summed E-state index contributed by atoms with van der Waals surface area (Å²) in [6.07, 6.45) is -1.99. The second kappa shape index (κ2) is 10.3. The fourth-order valence-corrected chi connectivity index (χ4v) is 3.85. The van der Waals surface area contributed by atoms with Crippen LogP contribution in [-0.4, -0.2) is 30.3 Å². The van der Waals surface area contributed by atoms with Crippen LogP contribution in [0, 0.1) is 5.82 Å². The van der Waals surface area contributed by atoms with Crippen molar-refractivity contribution in [2.24, 2.45) is 0 Å². The Hall–Kier alpha value is -2.96. The number of hydrogen-bond donors (Lipinski definition) is 0. The van der Waals surface area contributed by atoms with Crippen LogP contribution in [0.3, 0.4) is 0 Å². The summed E-state index contributed by atoms with van der Waals surface area (Å²) in [5.74, 6) is -0.646. The molecule has 0 bridgehead atoms. The van der Waals surface area contributed by atoms with E-state index in [-0.39, 0.29) is 24.7 Å². The summed E-state index contributed by atoms with van der Waals surface area (Å²) in [5, 5.41) is 0. The molecule has 0 radical (unpaired) electrons. The lowest BCUT2D eigenvalue weighted by Gasteiger charge is -2.26. The molecule has 1 heterocycles. The summed E-state index contributed by atoms with van der Waals surface area (Å²) >= 11 is 0. The van der Waals surface area contributed by atoms with E-state index in [1.165, 1.54) is 12.1 Å². The molecule has 0 saturated carbocycles. The molecule has 0 aliphatic carbocycles. The molecule has 3 aromatic rings. The Morgan fingerprint density at radius 2 is 1.64 bits per heavy atom. The second-order valence-electron chi connectivity index (χ2n) is 7.78. The molecule has 0 amide bonds. The Kier molecular flexibility index (Phi) is 7.72. The molecule has 1 aliphatic rings. The molecule has 172 valence electrons. The zero-order chi connectivity index (χ0) is 22.7. The number of halogens is 5. The van der Waals surface area contributed by atoms with Gasteiger partial charge in [-0.15, -0.1) is 12.4 Å². The maximum absolute atomic E-state index is 14.6. The van der Waals surface area contributed by atoms with Gasteiger partial charge in [-0.25, -0.2) is 4.39 Å². The standard InChI is InChI=1S/C26H21F4NO.ClH/c27-24-16-21(9-10-23(24)19-5-2-1-3-6-19)25(32)17-31-13-11-18(12-14-31)20-7-4-8-22(15-20)26(28,29)30;/h1-11,15-16H,12-14,17H2;1H. The molecule has 7 heteroatoms. The van der Waals surface area contributed by atoms with E-state index >= 15 is 0 Å². The number of nitrogens with zero attached hydrogens (tertiary/aromatic N) is 1. The number of carbonyl (C=O) groups is 1. The first-order valence-corrected chi connectivity index (χ1v) is 10.3. The first-order chi connectivity index (χ1) is 15.3. The largest absolute Gasteiger partial charge is 0.416 e. The molecular weight excluding hydrogens is 454 g/mol. The van der Waals surface area contributed by atoms with E-state index in [1.54, 1.807) is 18.2 Å². The summed E-state index contributed by atoms with van der Waals surface area (Å²) in [6.45, 7) is 1.11. The Morgan fingerprint density at radius 1 is 0.909 bits per heavy atom. The number of ketones is 1. The number of alkyl halides is 3. The van der Waals surface area contributed by atoms with Crippen molar-refractivity contribution >= 4 is 23.8 Å². The summed E-state index contributed by atoms with van der Waals surface area (Å²) in [4.78, 5) is 14.6. The molecule has 0 atom stereocenters. The van der Waals surface area contributed by atoms with Gasteiger partial charge in [-0.1, -0.05) is 60.7 Å². The van der Waals surface area contributed by atoms with Gasteiger partial charge in [0.1, 0.15) is 5.82 Å². The SMILES string of the molecule is Cl.O=C(CN1CC=C(c2cccc(C(F)(F)F)c2)CC1)c1ccc(-c2ccccc2)c(F)c1. The highest BCUT2D eigenvalue weighted by Crippen LogP contribution is 2.32. The predicted octanol–water partition coefficient (Wildman–Crippen LogP) is 6.91. The molecule has 1 aliphatic heterocycles. The molecule has 33 heavy (non-hydrogen) atoms. The Balaban J connectivity index is 0.00000306. The van der Waals surface area contributed by atoms with E-state index < -0.39 is 17.6 Å². The van der Waals surface area contributed by atoms with Gasteiger partial charge in [0.05, 0.1) is 12.1 Å². The van der Waals surface area contributed by atoms with E-state index in [0.29, 0.717) is 36.2 Å². The first kappa shape index (κ1) is 24.7. The minimum absolute atomic E-state index is 0. The summed E-state index contributed by atoms with van der Waals surface area (Å²) in [7, 11) is 0. The lowest BCUT2D eigenvalue weighted by molar-refractivity contribution is -0.137. The van der Waals surface area contributed by atoms with Crippen molar-refractivity contribution in [2.75, 3.05) is 19.6 Å². The molecule has 0 unspecified atom stereocenters. The predicted molar refractivity (Wildman–Crippen MR) is 124 cm³/mol. The van der Waals surface area contributed by atoms with Crippen molar-refractivity contribution in [1.82, 2.24) is 4.90 Å². The Labute approximate surface area is 196 Å². The van der Waals surface area contributed by atoms with Gasteiger partial charge in [0.15, 0.2) is 5.78 Å². The maximum Gasteiger partial charge on any atom is 0.416 e. The van der Waals surface area contributed by atoms with Crippen molar-refractivity contribution in [3.63, 3.8) is 0 Å². The van der Waals surface area contributed by atoms with Crippen LogP contribution < -0.4 is 0 Å². The van der Waals surface area contributed by atoms with Crippen LogP contribution in [0.15, 0.2) is 78.9 Å². The van der Waals surface area contributed by atoms with Crippen LogP contribution in [0.5, 0.6) is 0 Å². The van der Waals surface area contributed by atoms with Gasteiger partial charge in [0.2, 0.25) is 0 Å². The zero-order valence-electron chi connectivity index (χ0n) is 17.6. The van der Waals surface area contributed by atoms with Crippen LogP contribution in [-0.2, 0) is 6.18 Å². The topological polar surface area (TPSA) is 20.3 Å². The normalized spacial score (nSPS) is 14.4. The lowest BCUT2D eigenvalue weighted by atomic mass is 9.97. The minimum atomic E-state index is -4.38. The average Bonchev–Trinajstić information content (AvgIpc) is 2.79. The molecule has 0 spiro atoms. The van der Waals surface area contributed by atoms with E-state index in [0.717, 1.165) is 23.3 Å². The quantitative estimate of drug-likeness (QED) is 0.295. The molecule has 3 aromatic carbocycles. The highest BCUT2D eigenvalue weighted by atomic mass is 35.5. The molecular formula is C26H22ClF4NO. The van der Waals surface area contributed by atoms with Crippen LogP contribution in [0.2, 0.25) is 0 Å². The molecule has 0 N–H and O–H groups in total. The number of Topliss-reactive ketones (excluding diaryl/α,β-unsaturated/α-hetero) is 1. The van der Waals surface area contributed by atoms with Crippen LogP contribution >= 0.6 is 12.4 Å². The van der Waals surface area contributed by atoms with Gasteiger partial charge in [0, 0.05) is 24.2 Å². The van der Waals surface area contributed by atoms with Crippen LogP contribution in [0.25, 0.3) is 16.7 Å². The summed E-state index contributed by atoms with van der Waals surface area (Å²) in [6, 6.07) is 18.9. The summed E-state index contributed by atoms with van der Waals surface area (Å²) in [5.41, 5.74) is 2.19. The number of hydrogen-bond acceptors (Lipinski definition) is 2. The van der Waals surface area contributed by atoms with Crippen molar-refractivity contribution in [3.05, 3.63) is 101 Å². The van der Waals surface area contributed by atoms with Crippen molar-refractivity contribution < 1.29 is 22.4 Å². The number of benzene rings is 3. The highest BCUT2D eigenvalue weighted by Gasteiger charge is 2.30. The maximum atomic E-state index is 14.6. The molecule has 0 fully saturated rings. The third-order valence-corrected chi connectivity index (χ3v) is 5.60. The van der Waals surface area contributed by atoms with Crippen LogP contribution in [0.4, 0.5) is 17.6 Å². The van der Waals surface area contributed by atoms with Gasteiger partial charge in [0.25, 0.3) is 0 Å². The minimum Gasteiger partial charge on any atom is -0.293 e. The van der Waals surface area contributed by atoms with Crippen molar-refractivity contribution in [1.29, 1.82) is 0 Å². The van der Waals surface area contributed by atoms with E-state index in [9.17, 15) is 22.4 Å². The molecule has 2 nitrogen and oxygen atoms in total. The smallest absolute Gasteiger partial charge is 0.293 e. The third-order valence-electron chi connectivity index (χ3n) is 5.60.